The summed E-state index contributed by atoms with van der Waals surface area (Å²) >= 11 is 0. The van der Waals surface area contributed by atoms with Gasteiger partial charge in [-0.3, -0.25) is 4.79 Å². The maximum atomic E-state index is 12.0. The molecule has 120 valence electrons. The minimum atomic E-state index is -0.964. The van der Waals surface area contributed by atoms with Crippen LogP contribution in [0.1, 0.15) is 13.8 Å². The lowest BCUT2D eigenvalue weighted by molar-refractivity contribution is -0.120. The van der Waals surface area contributed by atoms with Crippen LogP contribution in [0.4, 0.5) is 5.82 Å². The Morgan fingerprint density at radius 2 is 1.91 bits per heavy atom. The predicted molar refractivity (Wildman–Crippen MR) is 87.6 cm³/mol. The summed E-state index contributed by atoms with van der Waals surface area (Å²) in [5.74, 6) is 1.60. The second-order valence-electron chi connectivity index (χ2n) is 5.94. The number of hydrogen-bond donors (Lipinski definition) is 2. The molecular formula is C17H19N3O3. The van der Waals surface area contributed by atoms with Gasteiger partial charge in [0.25, 0.3) is 0 Å². The number of benzene rings is 1. The molecule has 3 rings (SSSR count). The van der Waals surface area contributed by atoms with Crippen LogP contribution in [0.15, 0.2) is 36.4 Å². The summed E-state index contributed by atoms with van der Waals surface area (Å²) in [7, 11) is 0. The van der Waals surface area contributed by atoms with Crippen molar-refractivity contribution in [1.82, 2.24) is 4.98 Å². The van der Waals surface area contributed by atoms with Crippen molar-refractivity contribution in [3.8, 4) is 22.8 Å². The van der Waals surface area contributed by atoms with Gasteiger partial charge in [0.05, 0.1) is 11.2 Å². The number of amides is 1. The zero-order chi connectivity index (χ0) is 16.4. The smallest absolute Gasteiger partial charge is 0.245 e. The third-order valence-electron chi connectivity index (χ3n) is 3.41. The standard InChI is InChI=1S/C17H19N3O3/c1-17(2,18)16(21)20-15-5-3-4-12(19-15)11-6-7-13-14(10-11)23-9-8-22-13/h3-7,10H,8-9,18H2,1-2H3,(H,19,20,21). The lowest BCUT2D eigenvalue weighted by Gasteiger charge is -2.19. The monoisotopic (exact) mass is 313 g/mol. The van der Waals surface area contributed by atoms with Gasteiger partial charge in [-0.05, 0) is 44.2 Å². The fourth-order valence-electron chi connectivity index (χ4n) is 2.15. The van der Waals surface area contributed by atoms with E-state index in [1.807, 2.05) is 30.3 Å². The van der Waals surface area contributed by atoms with E-state index in [-0.39, 0.29) is 5.91 Å². The molecule has 23 heavy (non-hydrogen) atoms. The van der Waals surface area contributed by atoms with Crippen molar-refractivity contribution >= 4 is 11.7 Å². The van der Waals surface area contributed by atoms with Crippen molar-refractivity contribution in [3.63, 3.8) is 0 Å². The Hall–Kier alpha value is -2.60. The first-order valence-corrected chi connectivity index (χ1v) is 7.41. The highest BCUT2D eigenvalue weighted by Gasteiger charge is 2.22. The van der Waals surface area contributed by atoms with Crippen molar-refractivity contribution < 1.29 is 14.3 Å². The van der Waals surface area contributed by atoms with E-state index in [1.54, 1.807) is 19.9 Å². The highest BCUT2D eigenvalue weighted by molar-refractivity contribution is 5.96. The van der Waals surface area contributed by atoms with Crippen LogP contribution in [0.3, 0.4) is 0 Å². The van der Waals surface area contributed by atoms with Crippen molar-refractivity contribution in [2.45, 2.75) is 19.4 Å². The average Bonchev–Trinajstić information content (AvgIpc) is 2.54. The van der Waals surface area contributed by atoms with Crippen LogP contribution in [-0.4, -0.2) is 29.6 Å². The van der Waals surface area contributed by atoms with E-state index in [4.69, 9.17) is 15.2 Å². The summed E-state index contributed by atoms with van der Waals surface area (Å²) in [6.07, 6.45) is 0. The van der Waals surface area contributed by atoms with Gasteiger partial charge in [0.1, 0.15) is 19.0 Å². The van der Waals surface area contributed by atoms with Gasteiger partial charge >= 0.3 is 0 Å². The largest absolute Gasteiger partial charge is 0.486 e. The van der Waals surface area contributed by atoms with Gasteiger partial charge in [-0.2, -0.15) is 0 Å². The van der Waals surface area contributed by atoms with Crippen LogP contribution in [0.2, 0.25) is 0 Å². The quantitative estimate of drug-likeness (QED) is 0.907. The lowest BCUT2D eigenvalue weighted by Crippen LogP contribution is -2.45. The highest BCUT2D eigenvalue weighted by atomic mass is 16.6. The first-order valence-electron chi connectivity index (χ1n) is 7.41. The number of ether oxygens (including phenoxy) is 2. The van der Waals surface area contributed by atoms with Gasteiger partial charge in [0, 0.05) is 5.56 Å². The zero-order valence-electron chi connectivity index (χ0n) is 13.1. The van der Waals surface area contributed by atoms with E-state index in [0.717, 1.165) is 17.0 Å². The Balaban J connectivity index is 1.86. The third-order valence-corrected chi connectivity index (χ3v) is 3.41. The Labute approximate surface area is 134 Å². The normalized spacial score (nSPS) is 13.5. The molecule has 2 heterocycles. The number of carbonyl (C=O) groups is 1. The van der Waals surface area contributed by atoms with E-state index in [1.165, 1.54) is 0 Å². The van der Waals surface area contributed by atoms with Crippen LogP contribution in [0.25, 0.3) is 11.3 Å². The molecule has 0 saturated carbocycles. The van der Waals surface area contributed by atoms with Crippen LogP contribution in [0, 0.1) is 0 Å². The van der Waals surface area contributed by atoms with Gasteiger partial charge in [-0.1, -0.05) is 6.07 Å². The Morgan fingerprint density at radius 3 is 2.65 bits per heavy atom. The highest BCUT2D eigenvalue weighted by Crippen LogP contribution is 2.34. The summed E-state index contributed by atoms with van der Waals surface area (Å²) in [6.45, 7) is 4.38. The molecule has 0 unspecified atom stereocenters. The molecule has 1 amide bonds. The second-order valence-corrected chi connectivity index (χ2v) is 5.94. The summed E-state index contributed by atoms with van der Waals surface area (Å²) in [5.41, 5.74) is 6.44. The zero-order valence-corrected chi connectivity index (χ0v) is 13.1. The van der Waals surface area contributed by atoms with Crippen molar-refractivity contribution in [3.05, 3.63) is 36.4 Å². The molecule has 0 fully saturated rings. The summed E-state index contributed by atoms with van der Waals surface area (Å²) in [5, 5.41) is 2.72. The van der Waals surface area contributed by atoms with E-state index in [2.05, 4.69) is 10.3 Å². The maximum absolute atomic E-state index is 12.0. The summed E-state index contributed by atoms with van der Waals surface area (Å²) in [4.78, 5) is 16.4. The first kappa shape index (κ1) is 15.3. The fourth-order valence-corrected chi connectivity index (χ4v) is 2.15. The van der Waals surface area contributed by atoms with Crippen molar-refractivity contribution in [2.24, 2.45) is 5.73 Å². The molecule has 0 radical (unpaired) electrons. The van der Waals surface area contributed by atoms with Gasteiger partial charge in [-0.15, -0.1) is 0 Å². The summed E-state index contributed by atoms with van der Waals surface area (Å²) in [6, 6.07) is 11.1. The fraction of sp³-hybridized carbons (Fsp3) is 0.294. The van der Waals surface area contributed by atoms with Crippen LogP contribution in [-0.2, 0) is 4.79 Å². The van der Waals surface area contributed by atoms with E-state index < -0.39 is 5.54 Å². The Morgan fingerprint density at radius 1 is 1.17 bits per heavy atom. The molecule has 1 aromatic carbocycles. The van der Waals surface area contributed by atoms with Crippen LogP contribution < -0.4 is 20.5 Å². The number of anilines is 1. The van der Waals surface area contributed by atoms with Crippen LogP contribution >= 0.6 is 0 Å². The number of nitrogens with two attached hydrogens (primary N) is 1. The number of hydrogen-bond acceptors (Lipinski definition) is 5. The summed E-state index contributed by atoms with van der Waals surface area (Å²) < 4.78 is 11.1. The molecule has 0 atom stereocenters. The number of carbonyl (C=O) groups excluding carboxylic acids is 1. The molecule has 0 bridgehead atoms. The molecule has 6 nitrogen and oxygen atoms in total. The number of fused-ring (bicyclic) bond motifs is 1. The van der Waals surface area contributed by atoms with E-state index in [0.29, 0.717) is 24.8 Å². The molecule has 0 aliphatic carbocycles. The Kier molecular flexibility index (Phi) is 3.92. The second kappa shape index (κ2) is 5.89. The molecular weight excluding hydrogens is 294 g/mol. The van der Waals surface area contributed by atoms with Crippen molar-refractivity contribution in [1.29, 1.82) is 0 Å². The van der Waals surface area contributed by atoms with Gasteiger partial charge < -0.3 is 20.5 Å². The number of pyridine rings is 1. The molecule has 1 aliphatic rings. The third kappa shape index (κ3) is 3.43. The topological polar surface area (TPSA) is 86.5 Å². The molecule has 0 spiro atoms. The van der Waals surface area contributed by atoms with Gasteiger partial charge in [-0.25, -0.2) is 4.98 Å². The molecule has 6 heteroatoms. The molecule has 1 aliphatic heterocycles. The molecule has 2 aromatic rings. The molecule has 0 saturated heterocycles. The minimum absolute atomic E-state index is 0.288. The van der Waals surface area contributed by atoms with Gasteiger partial charge in [0.2, 0.25) is 5.91 Å². The van der Waals surface area contributed by atoms with E-state index >= 15 is 0 Å². The van der Waals surface area contributed by atoms with Gasteiger partial charge in [0.15, 0.2) is 11.5 Å². The SMILES string of the molecule is CC(C)(N)C(=O)Nc1cccc(-c2ccc3c(c2)OCCO3)n1. The number of rotatable bonds is 3. The number of aromatic nitrogens is 1. The predicted octanol–water partition coefficient (Wildman–Crippen LogP) is 2.20. The van der Waals surface area contributed by atoms with E-state index in [9.17, 15) is 4.79 Å². The van der Waals surface area contributed by atoms with Crippen molar-refractivity contribution in [2.75, 3.05) is 18.5 Å². The Bertz CT molecular complexity index is 738. The minimum Gasteiger partial charge on any atom is -0.486 e. The number of nitrogens with zero attached hydrogens (tertiary/aromatic N) is 1. The number of nitrogens with one attached hydrogen (secondary N) is 1. The molecule has 1 aromatic heterocycles. The first-order chi connectivity index (χ1) is 10.9. The lowest BCUT2D eigenvalue weighted by atomic mass is 10.1. The average molecular weight is 313 g/mol. The van der Waals surface area contributed by atoms with Crippen LogP contribution in [0.5, 0.6) is 11.5 Å². The maximum Gasteiger partial charge on any atom is 0.245 e. The molecule has 3 N–H and O–H groups in total.